The maximum Gasteiger partial charge on any atom is 0.345 e. The fraction of sp³-hybridized carbons (Fsp3) is 0.176. The molecule has 0 aliphatic carbocycles. The fourth-order valence-corrected chi connectivity index (χ4v) is 2.04. The number of carbonyl (C=O) groups is 2. The lowest BCUT2D eigenvalue weighted by Crippen LogP contribution is -2.31. The Morgan fingerprint density at radius 1 is 1.08 bits per heavy atom. The van der Waals surface area contributed by atoms with Crippen molar-refractivity contribution in [3.63, 3.8) is 0 Å². The number of nitrogens with zero attached hydrogens (tertiary/aromatic N) is 1. The van der Waals surface area contributed by atoms with Crippen LogP contribution in [0.3, 0.4) is 0 Å². The molecule has 126 valence electrons. The van der Waals surface area contributed by atoms with Crippen molar-refractivity contribution < 1.29 is 28.2 Å². The minimum Gasteiger partial charge on any atom is -0.508 e. The number of halogens is 2. The summed E-state index contributed by atoms with van der Waals surface area (Å²) < 4.78 is 32.6. The molecule has 0 saturated carbocycles. The van der Waals surface area contributed by atoms with E-state index in [1.807, 2.05) is 0 Å². The average molecular weight is 335 g/mol. The third-order valence-electron chi connectivity index (χ3n) is 3.22. The number of benzene rings is 2. The van der Waals surface area contributed by atoms with Crippen LogP contribution in [0.4, 0.5) is 8.78 Å². The fourth-order valence-electron chi connectivity index (χ4n) is 2.04. The molecule has 0 aromatic heterocycles. The number of ether oxygens (including phenoxy) is 1. The summed E-state index contributed by atoms with van der Waals surface area (Å²) in [6, 6.07) is 9.28. The van der Waals surface area contributed by atoms with Crippen LogP contribution in [0.2, 0.25) is 0 Å². The van der Waals surface area contributed by atoms with Crippen LogP contribution in [0.1, 0.15) is 22.0 Å². The van der Waals surface area contributed by atoms with Crippen LogP contribution >= 0.6 is 0 Å². The van der Waals surface area contributed by atoms with E-state index >= 15 is 0 Å². The number of rotatable bonds is 4. The molecule has 1 amide bonds. The van der Waals surface area contributed by atoms with Gasteiger partial charge in [-0.15, -0.1) is 0 Å². The molecule has 1 unspecified atom stereocenters. The Morgan fingerprint density at radius 3 is 2.12 bits per heavy atom. The van der Waals surface area contributed by atoms with E-state index in [0.717, 1.165) is 0 Å². The smallest absolute Gasteiger partial charge is 0.345 e. The van der Waals surface area contributed by atoms with Crippen molar-refractivity contribution in [3.05, 3.63) is 65.2 Å². The second-order valence-corrected chi connectivity index (χ2v) is 5.21. The van der Waals surface area contributed by atoms with E-state index < -0.39 is 40.9 Å². The summed E-state index contributed by atoms with van der Waals surface area (Å²) in [5.74, 6) is -5.11. The molecule has 5 nitrogen and oxygen atoms in total. The number of hydrogen-bond acceptors (Lipinski definition) is 4. The van der Waals surface area contributed by atoms with Crippen LogP contribution < -0.4 is 0 Å². The molecular weight excluding hydrogens is 320 g/mol. The van der Waals surface area contributed by atoms with Gasteiger partial charge in [0.15, 0.2) is 0 Å². The van der Waals surface area contributed by atoms with E-state index in [4.69, 9.17) is 9.84 Å². The number of likely N-dealkylation sites (N-methyl/N-ethyl adjacent to an activating group) is 1. The lowest BCUT2D eigenvalue weighted by molar-refractivity contribution is -0.138. The third kappa shape index (κ3) is 3.68. The zero-order chi connectivity index (χ0) is 17.9. The molecule has 2 rings (SSSR count). The van der Waals surface area contributed by atoms with Crippen molar-refractivity contribution in [3.8, 4) is 5.75 Å². The Hall–Kier alpha value is -2.96. The number of phenolic OH excluding ortho intramolecular Hbond substituents is 1. The van der Waals surface area contributed by atoms with Gasteiger partial charge < -0.3 is 14.7 Å². The van der Waals surface area contributed by atoms with E-state index in [1.54, 1.807) is 30.3 Å². The summed E-state index contributed by atoms with van der Waals surface area (Å²) in [6.45, 7) is 0. The number of phenols is 1. The van der Waals surface area contributed by atoms with Crippen LogP contribution in [0.25, 0.3) is 0 Å². The van der Waals surface area contributed by atoms with E-state index in [2.05, 4.69) is 0 Å². The highest BCUT2D eigenvalue weighted by atomic mass is 19.1. The normalized spacial score (nSPS) is 11.7. The number of amides is 1. The summed E-state index contributed by atoms with van der Waals surface area (Å²) in [5, 5.41) is 9.13. The Labute approximate surface area is 137 Å². The molecule has 0 heterocycles. The standard InChI is InChI=1S/C17H15F2NO4/c1-20(2)16(22)15(10-6-4-3-5-7-10)24-17(23)14-12(18)8-11(21)9-13(14)19/h3-9,15,21H,1-2H3. The molecule has 24 heavy (non-hydrogen) atoms. The van der Waals surface area contributed by atoms with Crippen LogP contribution in [0.5, 0.6) is 5.75 Å². The van der Waals surface area contributed by atoms with Gasteiger partial charge in [0.25, 0.3) is 5.91 Å². The van der Waals surface area contributed by atoms with Gasteiger partial charge in [-0.25, -0.2) is 13.6 Å². The van der Waals surface area contributed by atoms with Crippen LogP contribution in [-0.2, 0) is 9.53 Å². The lowest BCUT2D eigenvalue weighted by atomic mass is 10.1. The summed E-state index contributed by atoms with van der Waals surface area (Å²) >= 11 is 0. The van der Waals surface area contributed by atoms with Crippen molar-refractivity contribution in [1.82, 2.24) is 4.90 Å². The molecule has 0 aliphatic heterocycles. The first-order valence-corrected chi connectivity index (χ1v) is 6.96. The summed E-state index contributed by atoms with van der Waals surface area (Å²) in [6.07, 6.45) is -1.35. The zero-order valence-electron chi connectivity index (χ0n) is 13.0. The average Bonchev–Trinajstić information content (AvgIpc) is 2.51. The van der Waals surface area contributed by atoms with E-state index in [9.17, 15) is 18.4 Å². The minimum absolute atomic E-state index is 0.365. The van der Waals surface area contributed by atoms with Gasteiger partial charge in [-0.3, -0.25) is 4.79 Å². The molecule has 2 aromatic carbocycles. The highest BCUT2D eigenvalue weighted by Gasteiger charge is 2.29. The Bertz CT molecular complexity index is 739. The van der Waals surface area contributed by atoms with Gasteiger partial charge in [0.1, 0.15) is 22.9 Å². The van der Waals surface area contributed by atoms with Gasteiger partial charge in [0.2, 0.25) is 6.10 Å². The Balaban J connectivity index is 2.37. The molecule has 0 fully saturated rings. The van der Waals surface area contributed by atoms with Crippen LogP contribution in [-0.4, -0.2) is 36.0 Å². The zero-order valence-corrected chi connectivity index (χ0v) is 13.0. The maximum absolute atomic E-state index is 13.8. The minimum atomic E-state index is -1.35. The topological polar surface area (TPSA) is 66.8 Å². The summed E-state index contributed by atoms with van der Waals surface area (Å²) in [7, 11) is 2.93. The van der Waals surface area contributed by atoms with E-state index in [1.165, 1.54) is 19.0 Å². The maximum atomic E-state index is 13.8. The van der Waals surface area contributed by atoms with Gasteiger partial charge in [-0.05, 0) is 0 Å². The third-order valence-corrected chi connectivity index (χ3v) is 3.22. The van der Waals surface area contributed by atoms with Gasteiger partial charge in [0, 0.05) is 31.8 Å². The van der Waals surface area contributed by atoms with Crippen molar-refractivity contribution in [1.29, 1.82) is 0 Å². The SMILES string of the molecule is CN(C)C(=O)C(OC(=O)c1c(F)cc(O)cc1F)c1ccccc1. The van der Waals surface area contributed by atoms with Crippen molar-refractivity contribution in [2.75, 3.05) is 14.1 Å². The quantitative estimate of drug-likeness (QED) is 0.873. The second-order valence-electron chi connectivity index (χ2n) is 5.21. The summed E-state index contributed by atoms with van der Waals surface area (Å²) in [5.41, 5.74) is -0.607. The van der Waals surface area contributed by atoms with E-state index in [-0.39, 0.29) is 0 Å². The van der Waals surface area contributed by atoms with Crippen LogP contribution in [0.15, 0.2) is 42.5 Å². The van der Waals surface area contributed by atoms with Crippen LogP contribution in [0, 0.1) is 11.6 Å². The highest BCUT2D eigenvalue weighted by Crippen LogP contribution is 2.25. The molecule has 1 atom stereocenters. The molecule has 1 N–H and O–H groups in total. The molecule has 7 heteroatoms. The predicted octanol–water partition coefficient (Wildman–Crippen LogP) is 2.66. The van der Waals surface area contributed by atoms with Gasteiger partial charge in [-0.1, -0.05) is 30.3 Å². The van der Waals surface area contributed by atoms with Crippen molar-refractivity contribution in [2.45, 2.75) is 6.10 Å². The lowest BCUT2D eigenvalue weighted by Gasteiger charge is -2.21. The van der Waals surface area contributed by atoms with E-state index in [0.29, 0.717) is 17.7 Å². The molecule has 0 radical (unpaired) electrons. The number of carbonyl (C=O) groups excluding carboxylic acids is 2. The Kier molecular flexibility index (Phi) is 5.13. The van der Waals surface area contributed by atoms with Gasteiger partial charge in [0.05, 0.1) is 0 Å². The molecule has 0 bridgehead atoms. The predicted molar refractivity (Wildman–Crippen MR) is 81.3 cm³/mol. The molecular formula is C17H15F2NO4. The molecule has 0 spiro atoms. The van der Waals surface area contributed by atoms with Gasteiger partial charge >= 0.3 is 5.97 Å². The number of esters is 1. The second kappa shape index (κ2) is 7.08. The largest absolute Gasteiger partial charge is 0.508 e. The van der Waals surface area contributed by atoms with Crippen molar-refractivity contribution in [2.24, 2.45) is 0 Å². The molecule has 2 aromatic rings. The number of hydrogen-bond donors (Lipinski definition) is 1. The monoisotopic (exact) mass is 335 g/mol. The number of aromatic hydroxyl groups is 1. The van der Waals surface area contributed by atoms with Gasteiger partial charge in [-0.2, -0.15) is 0 Å². The highest BCUT2D eigenvalue weighted by molar-refractivity contribution is 5.93. The first-order chi connectivity index (χ1) is 11.3. The summed E-state index contributed by atoms with van der Waals surface area (Å²) in [4.78, 5) is 25.6. The Morgan fingerprint density at radius 2 is 1.62 bits per heavy atom. The van der Waals surface area contributed by atoms with Crippen molar-refractivity contribution >= 4 is 11.9 Å². The molecule has 0 saturated heterocycles. The molecule has 0 aliphatic rings. The first-order valence-electron chi connectivity index (χ1n) is 6.96. The first kappa shape index (κ1) is 17.4.